The molecule has 13 heavy (non-hydrogen) atoms. The molecule has 0 atom stereocenters. The van der Waals surface area contributed by atoms with Gasteiger partial charge in [0.15, 0.2) is 0 Å². The summed E-state index contributed by atoms with van der Waals surface area (Å²) in [7, 11) is -2.29. The van der Waals surface area contributed by atoms with Crippen LogP contribution in [0.25, 0.3) is 0 Å². The quantitative estimate of drug-likeness (QED) is 0.738. The molecule has 0 amide bonds. The fourth-order valence-corrected chi connectivity index (χ4v) is 2.25. The number of hydrogen-bond donors (Lipinski definition) is 1. The maximum Gasteiger partial charge on any atom is 0.329 e. The zero-order valence-corrected chi connectivity index (χ0v) is 14.5. The molecule has 2 nitrogen and oxygen atoms in total. The molecule has 0 unspecified atom stereocenters. The van der Waals surface area contributed by atoms with Crippen LogP contribution >= 0.6 is 37.2 Å². The second-order valence-corrected chi connectivity index (χ2v) is 6.76. The molecule has 0 saturated carbocycles. The van der Waals surface area contributed by atoms with Gasteiger partial charge in [-0.05, 0) is 33.9 Å². The average molecular weight is 349 g/mol. The minimum Gasteiger partial charge on any atom is -0.411 e. The minimum absolute atomic E-state index is 0. The van der Waals surface area contributed by atoms with Crippen LogP contribution in [0.15, 0.2) is 0 Å². The molecule has 0 heterocycles. The molecule has 0 spiro atoms. The van der Waals surface area contributed by atoms with Gasteiger partial charge in [0.2, 0.25) is 0 Å². The summed E-state index contributed by atoms with van der Waals surface area (Å²) in [6.45, 7) is 9.35. The molecule has 0 aromatic rings. The Morgan fingerprint density at radius 2 is 1.23 bits per heavy atom. The van der Waals surface area contributed by atoms with Crippen LogP contribution in [0, 0.1) is 0 Å². The van der Waals surface area contributed by atoms with E-state index in [0.717, 1.165) is 0 Å². The van der Waals surface area contributed by atoms with E-state index in [-0.39, 0.29) is 69.0 Å². The first kappa shape index (κ1) is 29.4. The van der Waals surface area contributed by atoms with Gasteiger partial charge >= 0.3 is 8.56 Å². The molecule has 0 aromatic carbocycles. The van der Waals surface area contributed by atoms with Gasteiger partial charge in [-0.1, -0.05) is 0 Å². The van der Waals surface area contributed by atoms with E-state index >= 15 is 0 Å². The molecule has 0 aromatic heterocycles. The van der Waals surface area contributed by atoms with E-state index in [2.05, 4.69) is 0 Å². The van der Waals surface area contributed by atoms with Crippen molar-refractivity contribution in [1.82, 2.24) is 0 Å². The number of hydrogen-bond acceptors (Lipinski definition) is 2. The summed E-state index contributed by atoms with van der Waals surface area (Å²) in [5.74, 6) is 0. The van der Waals surface area contributed by atoms with E-state index in [1.165, 1.54) is 0 Å². The smallest absolute Gasteiger partial charge is 0.329 e. The van der Waals surface area contributed by atoms with Gasteiger partial charge in [0.05, 0.1) is 5.60 Å². The second-order valence-electron chi connectivity index (χ2n) is 3.66. The van der Waals surface area contributed by atoms with Gasteiger partial charge in [0.25, 0.3) is 0 Å². The van der Waals surface area contributed by atoms with Gasteiger partial charge in [-0.15, -0.1) is 37.2 Å². The van der Waals surface area contributed by atoms with Crippen molar-refractivity contribution in [3.8, 4) is 0 Å². The van der Waals surface area contributed by atoms with Crippen LogP contribution in [0.5, 0.6) is 0 Å². The fraction of sp³-hybridized carbons (Fsp3) is 1.00. The Balaban J connectivity index is -0.0000000533. The molecule has 0 bridgehead atoms. The van der Waals surface area contributed by atoms with Crippen molar-refractivity contribution in [1.29, 1.82) is 0 Å². The Morgan fingerprint density at radius 3 is 1.23 bits per heavy atom. The molecule has 0 aliphatic carbocycles. The van der Waals surface area contributed by atoms with Crippen LogP contribution in [-0.4, -0.2) is 19.0 Å². The zero-order valence-electron chi connectivity index (χ0n) is 8.58. The summed E-state index contributed by atoms with van der Waals surface area (Å²) in [5.41, 5.74) is -0.204. The first-order chi connectivity index (χ1) is 3.71. The van der Waals surface area contributed by atoms with Gasteiger partial charge in [-0.2, -0.15) is 0 Å². The maximum atomic E-state index is 9.27. The van der Waals surface area contributed by atoms with E-state index in [1.54, 1.807) is 13.1 Å². The fourth-order valence-electron chi connectivity index (χ4n) is 0.749. The topological polar surface area (TPSA) is 29.5 Å². The third-order valence-corrected chi connectivity index (χ3v) is 1.67. The molecule has 0 rings (SSSR count). The molecular formula is C6H19Cl3O2SiZr. The Hall–Kier alpha value is 1.89. The second kappa shape index (κ2) is 10.4. The first-order valence-corrected chi connectivity index (χ1v) is 5.99. The molecule has 0 radical (unpaired) electrons. The number of halogens is 3. The van der Waals surface area contributed by atoms with Crippen molar-refractivity contribution in [2.24, 2.45) is 0 Å². The largest absolute Gasteiger partial charge is 0.411 e. The third-order valence-electron chi connectivity index (χ3n) is 0.556. The first-order valence-electron chi connectivity index (χ1n) is 3.13. The van der Waals surface area contributed by atoms with Gasteiger partial charge in [0, 0.05) is 26.2 Å². The summed E-state index contributed by atoms with van der Waals surface area (Å²) < 4.78 is 5.32. The normalized spacial score (nSPS) is 9.69. The SMILES string of the molecule is CC(C)(C)O[Si](C)(C)O.Cl.Cl.Cl.[Zr]. The summed E-state index contributed by atoms with van der Waals surface area (Å²) >= 11 is 0. The Labute approximate surface area is 120 Å². The van der Waals surface area contributed by atoms with Crippen molar-refractivity contribution in [2.45, 2.75) is 39.5 Å². The Bertz CT molecular complexity index is 91.0. The Morgan fingerprint density at radius 1 is 1.00 bits per heavy atom. The predicted molar refractivity (Wildman–Crippen MR) is 62.3 cm³/mol. The third kappa shape index (κ3) is 31.5. The van der Waals surface area contributed by atoms with Crippen LogP contribution in [0.3, 0.4) is 0 Å². The van der Waals surface area contributed by atoms with Gasteiger partial charge in [-0.3, -0.25) is 0 Å². The van der Waals surface area contributed by atoms with E-state index < -0.39 is 8.56 Å². The van der Waals surface area contributed by atoms with Gasteiger partial charge in [-0.25, -0.2) is 0 Å². The van der Waals surface area contributed by atoms with Crippen LogP contribution in [0.1, 0.15) is 20.8 Å². The molecule has 0 aliphatic rings. The molecule has 84 valence electrons. The monoisotopic (exact) mass is 346 g/mol. The molecule has 7 heteroatoms. The Kier molecular flexibility index (Phi) is 23.5. The van der Waals surface area contributed by atoms with Crippen molar-refractivity contribution >= 4 is 45.8 Å². The summed E-state index contributed by atoms with van der Waals surface area (Å²) in [6.07, 6.45) is 0. The van der Waals surface area contributed by atoms with Crippen molar-refractivity contribution in [2.75, 3.05) is 0 Å². The van der Waals surface area contributed by atoms with E-state index in [4.69, 9.17) is 4.43 Å². The summed E-state index contributed by atoms with van der Waals surface area (Å²) in [4.78, 5) is 9.27. The van der Waals surface area contributed by atoms with E-state index in [1.807, 2.05) is 20.8 Å². The molecule has 0 fully saturated rings. The zero-order chi connectivity index (χ0) is 7.71. The van der Waals surface area contributed by atoms with Crippen molar-refractivity contribution in [3.05, 3.63) is 0 Å². The van der Waals surface area contributed by atoms with Crippen LogP contribution in [-0.2, 0) is 30.6 Å². The molecule has 0 saturated heterocycles. The van der Waals surface area contributed by atoms with E-state index in [0.29, 0.717) is 0 Å². The number of rotatable bonds is 1. The van der Waals surface area contributed by atoms with Crippen LogP contribution < -0.4 is 0 Å². The van der Waals surface area contributed by atoms with Crippen molar-refractivity contribution < 1.29 is 35.4 Å². The standard InChI is InChI=1S/C6H16O2Si.3ClH.Zr/c1-6(2,3)8-9(4,5)7;;;;/h7H,1-5H3;3*1H;. The van der Waals surface area contributed by atoms with Gasteiger partial charge in [0.1, 0.15) is 0 Å². The van der Waals surface area contributed by atoms with Crippen LogP contribution in [0.2, 0.25) is 13.1 Å². The minimum atomic E-state index is -2.29. The maximum absolute atomic E-state index is 9.27. The molecule has 1 N–H and O–H groups in total. The van der Waals surface area contributed by atoms with E-state index in [9.17, 15) is 4.80 Å². The summed E-state index contributed by atoms with van der Waals surface area (Å²) in [5, 5.41) is 0. The van der Waals surface area contributed by atoms with Crippen LogP contribution in [0.4, 0.5) is 0 Å². The van der Waals surface area contributed by atoms with Gasteiger partial charge < -0.3 is 9.22 Å². The average Bonchev–Trinajstić information content (AvgIpc) is 1.14. The predicted octanol–water partition coefficient (Wildman–Crippen LogP) is 2.76. The van der Waals surface area contributed by atoms with Crippen molar-refractivity contribution in [3.63, 3.8) is 0 Å². The summed E-state index contributed by atoms with van der Waals surface area (Å²) in [6, 6.07) is 0. The molecule has 0 aliphatic heterocycles. The molecular weight excluding hydrogens is 330 g/mol.